The second-order valence-electron chi connectivity index (χ2n) is 2.81. The van der Waals surface area contributed by atoms with Crippen molar-refractivity contribution in [2.24, 2.45) is 5.73 Å². The second-order valence-corrected chi connectivity index (χ2v) is 2.81. The summed E-state index contributed by atoms with van der Waals surface area (Å²) in [5.41, 5.74) is 10.8. The Morgan fingerprint density at radius 2 is 2.20 bits per heavy atom. The molecule has 7 heteroatoms. The predicted molar refractivity (Wildman–Crippen MR) is 52.1 cm³/mol. The van der Waals surface area contributed by atoms with E-state index < -0.39 is 5.91 Å². The summed E-state index contributed by atoms with van der Waals surface area (Å²) in [6, 6.07) is 3.03. The summed E-state index contributed by atoms with van der Waals surface area (Å²) in [6.07, 6.45) is 2.87. The Hall–Kier alpha value is -2.44. The van der Waals surface area contributed by atoms with Crippen molar-refractivity contribution in [1.82, 2.24) is 19.7 Å². The zero-order valence-corrected chi connectivity index (χ0v) is 7.66. The number of nitrogens with zero attached hydrogens (tertiary/aromatic N) is 4. The fourth-order valence-electron chi connectivity index (χ4n) is 1.08. The third-order valence-corrected chi connectivity index (χ3v) is 1.77. The zero-order valence-electron chi connectivity index (χ0n) is 7.66. The fourth-order valence-corrected chi connectivity index (χ4v) is 1.08. The summed E-state index contributed by atoms with van der Waals surface area (Å²) < 4.78 is 1.36. The molecule has 0 bridgehead atoms. The third kappa shape index (κ3) is 1.75. The van der Waals surface area contributed by atoms with Gasteiger partial charge in [-0.2, -0.15) is 0 Å². The summed E-state index contributed by atoms with van der Waals surface area (Å²) in [4.78, 5) is 18.7. The molecule has 0 spiro atoms. The molecule has 0 saturated heterocycles. The van der Waals surface area contributed by atoms with E-state index in [4.69, 9.17) is 11.5 Å². The summed E-state index contributed by atoms with van der Waals surface area (Å²) in [5, 5.41) is 3.85. The molecular formula is C8H8N6O. The zero-order chi connectivity index (χ0) is 10.8. The molecule has 2 aromatic rings. The molecule has 0 radical (unpaired) electrons. The standard InChI is InChI=1S/C8H8N6O/c9-7(15)5-1-2-11-6(3-5)14-4-12-8(10)13-14/h1-4H,(H2,9,15)(H2,10,13). The molecule has 7 nitrogen and oxygen atoms in total. The molecule has 76 valence electrons. The van der Waals surface area contributed by atoms with Gasteiger partial charge in [-0.15, -0.1) is 5.10 Å². The summed E-state index contributed by atoms with van der Waals surface area (Å²) in [5.74, 6) is 0.0588. The summed E-state index contributed by atoms with van der Waals surface area (Å²) >= 11 is 0. The molecule has 0 unspecified atom stereocenters. The number of carbonyl (C=O) groups excluding carboxylic acids is 1. The number of aromatic nitrogens is 4. The number of nitrogens with two attached hydrogens (primary N) is 2. The maximum absolute atomic E-state index is 10.9. The van der Waals surface area contributed by atoms with Crippen LogP contribution in [0.2, 0.25) is 0 Å². The van der Waals surface area contributed by atoms with Gasteiger partial charge in [0.25, 0.3) is 0 Å². The number of nitrogen functional groups attached to an aromatic ring is 1. The van der Waals surface area contributed by atoms with Crippen LogP contribution in [0.1, 0.15) is 10.4 Å². The van der Waals surface area contributed by atoms with Crippen molar-refractivity contribution in [3.05, 3.63) is 30.2 Å². The van der Waals surface area contributed by atoms with Crippen LogP contribution in [0.15, 0.2) is 24.7 Å². The molecule has 15 heavy (non-hydrogen) atoms. The van der Waals surface area contributed by atoms with E-state index >= 15 is 0 Å². The minimum Gasteiger partial charge on any atom is -0.366 e. The quantitative estimate of drug-likeness (QED) is 0.674. The lowest BCUT2D eigenvalue weighted by atomic mass is 10.2. The van der Waals surface area contributed by atoms with E-state index in [9.17, 15) is 4.79 Å². The first kappa shape index (κ1) is 9.13. The first-order chi connectivity index (χ1) is 7.16. The minimum atomic E-state index is -0.522. The van der Waals surface area contributed by atoms with Gasteiger partial charge in [0.05, 0.1) is 0 Å². The van der Waals surface area contributed by atoms with Gasteiger partial charge in [0, 0.05) is 11.8 Å². The predicted octanol–water partition coefficient (Wildman–Crippen LogP) is -0.657. The number of amides is 1. The van der Waals surface area contributed by atoms with Crippen molar-refractivity contribution in [3.8, 4) is 5.82 Å². The van der Waals surface area contributed by atoms with Crippen LogP contribution in [0.4, 0.5) is 5.95 Å². The highest BCUT2D eigenvalue weighted by molar-refractivity contribution is 5.93. The first-order valence-electron chi connectivity index (χ1n) is 4.10. The van der Waals surface area contributed by atoms with E-state index in [1.807, 2.05) is 0 Å². The van der Waals surface area contributed by atoms with E-state index in [1.165, 1.54) is 29.3 Å². The highest BCUT2D eigenvalue weighted by Gasteiger charge is 2.05. The molecule has 0 aliphatic rings. The van der Waals surface area contributed by atoms with Crippen molar-refractivity contribution in [1.29, 1.82) is 0 Å². The van der Waals surface area contributed by atoms with Crippen molar-refractivity contribution in [2.75, 3.05) is 5.73 Å². The molecule has 2 aromatic heterocycles. The van der Waals surface area contributed by atoms with Crippen molar-refractivity contribution < 1.29 is 4.79 Å². The lowest BCUT2D eigenvalue weighted by Gasteiger charge is -2.00. The summed E-state index contributed by atoms with van der Waals surface area (Å²) in [7, 11) is 0. The molecule has 1 amide bonds. The van der Waals surface area contributed by atoms with Crippen molar-refractivity contribution in [3.63, 3.8) is 0 Å². The number of primary amides is 1. The van der Waals surface area contributed by atoms with Gasteiger partial charge in [0.15, 0.2) is 5.82 Å². The second kappa shape index (κ2) is 3.37. The number of carbonyl (C=O) groups is 1. The van der Waals surface area contributed by atoms with Crippen LogP contribution < -0.4 is 11.5 Å². The van der Waals surface area contributed by atoms with Gasteiger partial charge in [0.2, 0.25) is 11.9 Å². The van der Waals surface area contributed by atoms with Gasteiger partial charge >= 0.3 is 0 Å². The summed E-state index contributed by atoms with van der Waals surface area (Å²) in [6.45, 7) is 0. The van der Waals surface area contributed by atoms with E-state index in [0.717, 1.165) is 0 Å². The molecule has 0 fully saturated rings. The monoisotopic (exact) mass is 204 g/mol. The highest BCUT2D eigenvalue weighted by atomic mass is 16.1. The number of rotatable bonds is 2. The Kier molecular flexibility index (Phi) is 2.05. The molecule has 0 aliphatic heterocycles. The third-order valence-electron chi connectivity index (χ3n) is 1.77. The molecule has 0 aliphatic carbocycles. The maximum atomic E-state index is 10.9. The van der Waals surface area contributed by atoms with Crippen LogP contribution in [0.3, 0.4) is 0 Å². The minimum absolute atomic E-state index is 0.140. The van der Waals surface area contributed by atoms with Crippen LogP contribution in [-0.4, -0.2) is 25.7 Å². The fraction of sp³-hybridized carbons (Fsp3) is 0. The molecule has 0 atom stereocenters. The van der Waals surface area contributed by atoms with E-state index in [0.29, 0.717) is 11.4 Å². The van der Waals surface area contributed by atoms with Crippen molar-refractivity contribution >= 4 is 11.9 Å². The maximum Gasteiger partial charge on any atom is 0.248 e. The van der Waals surface area contributed by atoms with E-state index in [2.05, 4.69) is 15.1 Å². The van der Waals surface area contributed by atoms with Gasteiger partial charge in [0.1, 0.15) is 6.33 Å². The Labute approximate surface area is 84.7 Å². The average Bonchev–Trinajstić information content (AvgIpc) is 2.65. The van der Waals surface area contributed by atoms with Gasteiger partial charge in [-0.1, -0.05) is 0 Å². The van der Waals surface area contributed by atoms with Crippen LogP contribution >= 0.6 is 0 Å². The number of hydrogen-bond donors (Lipinski definition) is 2. The van der Waals surface area contributed by atoms with E-state index in [1.54, 1.807) is 0 Å². The lowest BCUT2D eigenvalue weighted by Crippen LogP contribution is -2.12. The molecule has 2 heterocycles. The van der Waals surface area contributed by atoms with Crippen LogP contribution in [0.5, 0.6) is 0 Å². The molecule has 2 rings (SSSR count). The highest BCUT2D eigenvalue weighted by Crippen LogP contribution is 2.05. The Bertz CT molecular complexity index is 505. The lowest BCUT2D eigenvalue weighted by molar-refractivity contribution is 0.1000. The van der Waals surface area contributed by atoms with Crippen LogP contribution in [0.25, 0.3) is 5.82 Å². The van der Waals surface area contributed by atoms with Crippen LogP contribution in [0, 0.1) is 0 Å². The molecular weight excluding hydrogens is 196 g/mol. The molecule has 0 aromatic carbocycles. The van der Waals surface area contributed by atoms with Crippen molar-refractivity contribution in [2.45, 2.75) is 0 Å². The Morgan fingerprint density at radius 3 is 2.80 bits per heavy atom. The smallest absolute Gasteiger partial charge is 0.248 e. The normalized spacial score (nSPS) is 10.1. The van der Waals surface area contributed by atoms with Gasteiger partial charge in [-0.05, 0) is 12.1 Å². The first-order valence-corrected chi connectivity index (χ1v) is 4.10. The van der Waals surface area contributed by atoms with Gasteiger partial charge < -0.3 is 11.5 Å². The SMILES string of the molecule is NC(=O)c1ccnc(-n2cnc(N)n2)c1. The average molecular weight is 204 g/mol. The Balaban J connectivity index is 2.45. The Morgan fingerprint density at radius 1 is 1.40 bits per heavy atom. The number of hydrogen-bond acceptors (Lipinski definition) is 5. The largest absolute Gasteiger partial charge is 0.366 e. The number of pyridine rings is 1. The topological polar surface area (TPSA) is 113 Å². The molecule has 4 N–H and O–H groups in total. The van der Waals surface area contributed by atoms with E-state index in [-0.39, 0.29) is 5.95 Å². The molecule has 0 saturated carbocycles. The van der Waals surface area contributed by atoms with Crippen LogP contribution in [-0.2, 0) is 0 Å². The van der Waals surface area contributed by atoms with Gasteiger partial charge in [-0.3, -0.25) is 4.79 Å². The number of anilines is 1. The van der Waals surface area contributed by atoms with Gasteiger partial charge in [-0.25, -0.2) is 14.6 Å².